The summed E-state index contributed by atoms with van der Waals surface area (Å²) in [7, 11) is -4.54. The average Bonchev–Trinajstić information content (AvgIpc) is 2.56. The van der Waals surface area contributed by atoms with E-state index in [1.54, 1.807) is 18.2 Å². The third kappa shape index (κ3) is 4.50. The lowest BCUT2D eigenvalue weighted by Crippen LogP contribution is -2.42. The average molecular weight is 393 g/mol. The van der Waals surface area contributed by atoms with Crippen LogP contribution in [0.15, 0.2) is 36.9 Å². The molecule has 0 heterocycles. The number of carbonyl (C=O) groups excluding carboxylic acids is 1. The van der Waals surface area contributed by atoms with Crippen LogP contribution in [0, 0.1) is 0 Å². The molecule has 0 aromatic heterocycles. The summed E-state index contributed by atoms with van der Waals surface area (Å²) < 4.78 is 44.5. The quantitative estimate of drug-likeness (QED) is 0.315. The first-order valence-corrected chi connectivity index (χ1v) is 9.86. The molecule has 0 aliphatic carbocycles. The summed E-state index contributed by atoms with van der Waals surface area (Å²) in [6, 6.07) is 6.20. The van der Waals surface area contributed by atoms with Crippen molar-refractivity contribution in [2.45, 2.75) is 32.1 Å². The zero-order chi connectivity index (χ0) is 19.1. The predicted molar refractivity (Wildman–Crippen MR) is 95.7 cm³/mol. The van der Waals surface area contributed by atoms with Gasteiger partial charge in [0.05, 0.1) is 25.7 Å². The van der Waals surface area contributed by atoms with Gasteiger partial charge in [-0.2, -0.15) is 0 Å². The third-order valence-electron chi connectivity index (χ3n) is 3.41. The number of rotatable bonds is 10. The van der Waals surface area contributed by atoms with Gasteiger partial charge >= 0.3 is 19.0 Å². The summed E-state index contributed by atoms with van der Waals surface area (Å²) in [6.45, 7) is 7.85. The van der Waals surface area contributed by atoms with Crippen LogP contribution in [0.1, 0.15) is 32.3 Å². The van der Waals surface area contributed by atoms with Crippen molar-refractivity contribution in [3.63, 3.8) is 0 Å². The van der Waals surface area contributed by atoms with E-state index in [1.807, 2.05) is 0 Å². The van der Waals surface area contributed by atoms with Crippen LogP contribution >= 0.6 is 19.2 Å². The molecule has 0 bridgehead atoms. The van der Waals surface area contributed by atoms with E-state index in [0.29, 0.717) is 10.6 Å². The zero-order valence-electron chi connectivity index (χ0n) is 14.5. The van der Waals surface area contributed by atoms with Gasteiger partial charge in [-0.05, 0) is 38.5 Å². The summed E-state index contributed by atoms with van der Waals surface area (Å²) in [5.74, 6) is -2.67. The van der Waals surface area contributed by atoms with E-state index < -0.39 is 24.9 Å². The van der Waals surface area contributed by atoms with Crippen LogP contribution in [0.5, 0.6) is 0 Å². The maximum atomic E-state index is 16.2. The maximum absolute atomic E-state index is 16.2. The second kappa shape index (κ2) is 9.48. The Morgan fingerprint density at radius 2 is 1.92 bits per heavy atom. The van der Waals surface area contributed by atoms with E-state index in [2.05, 4.69) is 6.58 Å². The van der Waals surface area contributed by atoms with Gasteiger partial charge in [0, 0.05) is 5.02 Å². The number of ether oxygens (including phenoxy) is 1. The Morgan fingerprint density at radius 3 is 2.36 bits per heavy atom. The summed E-state index contributed by atoms with van der Waals surface area (Å²) in [5.41, 5.74) is 0.303. The fourth-order valence-electron chi connectivity index (χ4n) is 2.42. The minimum atomic E-state index is -4.54. The van der Waals surface area contributed by atoms with Crippen molar-refractivity contribution >= 4 is 25.2 Å². The van der Waals surface area contributed by atoms with Gasteiger partial charge in [-0.1, -0.05) is 29.8 Å². The highest BCUT2D eigenvalue weighted by Crippen LogP contribution is 2.66. The molecule has 8 heteroatoms. The van der Waals surface area contributed by atoms with Crippen LogP contribution in [-0.4, -0.2) is 31.2 Å². The van der Waals surface area contributed by atoms with Crippen molar-refractivity contribution in [2.75, 3.05) is 19.8 Å². The molecule has 0 unspecified atom stereocenters. The van der Waals surface area contributed by atoms with Crippen LogP contribution in [0.25, 0.3) is 0 Å². The predicted octanol–water partition coefficient (Wildman–Crippen LogP) is 5.10. The van der Waals surface area contributed by atoms with Gasteiger partial charge in [-0.15, -0.1) is 6.58 Å². The van der Waals surface area contributed by atoms with E-state index in [9.17, 15) is 9.36 Å². The lowest BCUT2D eigenvalue weighted by molar-refractivity contribution is -0.153. The normalized spacial score (nSPS) is 15.2. The van der Waals surface area contributed by atoms with E-state index in [4.69, 9.17) is 25.4 Å². The second-order valence-corrected chi connectivity index (χ2v) is 7.59. The van der Waals surface area contributed by atoms with Gasteiger partial charge in [0.1, 0.15) is 0 Å². The highest BCUT2D eigenvalue weighted by Gasteiger charge is 2.64. The molecule has 0 fully saturated rings. The van der Waals surface area contributed by atoms with Gasteiger partial charge in [0.2, 0.25) is 0 Å². The molecule has 0 aliphatic heterocycles. The van der Waals surface area contributed by atoms with Crippen LogP contribution in [0.3, 0.4) is 0 Å². The number of hydrogen-bond donors (Lipinski definition) is 0. The van der Waals surface area contributed by atoms with Crippen LogP contribution in [-0.2, 0) is 23.1 Å². The summed E-state index contributed by atoms with van der Waals surface area (Å²) in [5, 5.41) is -2.76. The molecule has 0 saturated carbocycles. The van der Waals surface area contributed by atoms with Gasteiger partial charge < -0.3 is 13.8 Å². The van der Waals surface area contributed by atoms with Crippen molar-refractivity contribution in [3.8, 4) is 0 Å². The van der Waals surface area contributed by atoms with Crippen molar-refractivity contribution in [3.05, 3.63) is 47.5 Å². The van der Waals surface area contributed by atoms with E-state index in [0.717, 1.165) is 0 Å². The molecule has 1 aromatic rings. The fraction of sp³-hybridized carbons (Fsp3) is 0.471. The third-order valence-corrected chi connectivity index (χ3v) is 6.10. The molecule has 0 saturated heterocycles. The molecular formula is C17H23ClFO5P. The van der Waals surface area contributed by atoms with E-state index in [1.165, 1.54) is 32.9 Å². The molecule has 5 nitrogen and oxygen atoms in total. The zero-order valence-corrected chi connectivity index (χ0v) is 16.2. The van der Waals surface area contributed by atoms with Crippen molar-refractivity contribution in [1.29, 1.82) is 0 Å². The minimum absolute atomic E-state index is 0.0951. The number of benzene rings is 1. The number of allylic oxidation sites excluding steroid dienone is 1. The number of halogens is 2. The first-order valence-electron chi connectivity index (χ1n) is 7.94. The summed E-state index contributed by atoms with van der Waals surface area (Å²) >= 11 is 5.97. The maximum Gasteiger partial charge on any atom is 0.380 e. The smallest absolute Gasteiger partial charge is 0.380 e. The fourth-order valence-corrected chi connectivity index (χ4v) is 4.63. The molecule has 0 aliphatic rings. The molecular weight excluding hydrogens is 370 g/mol. The Kier molecular flexibility index (Phi) is 8.29. The van der Waals surface area contributed by atoms with E-state index >= 15 is 4.39 Å². The van der Waals surface area contributed by atoms with E-state index in [-0.39, 0.29) is 19.8 Å². The van der Waals surface area contributed by atoms with Gasteiger partial charge in [-0.3, -0.25) is 4.57 Å². The molecule has 2 atom stereocenters. The summed E-state index contributed by atoms with van der Waals surface area (Å²) in [6.07, 6.45) is 1.17. The molecule has 0 N–H and O–H groups in total. The molecule has 0 amide bonds. The first kappa shape index (κ1) is 21.8. The van der Waals surface area contributed by atoms with Gasteiger partial charge in [0.15, 0.2) is 0 Å². The molecule has 1 rings (SSSR count). The highest BCUT2D eigenvalue weighted by molar-refractivity contribution is 7.56. The number of hydrogen-bond acceptors (Lipinski definition) is 5. The first-order chi connectivity index (χ1) is 11.8. The Hall–Kier alpha value is -1.20. The van der Waals surface area contributed by atoms with Crippen LogP contribution in [0.4, 0.5) is 4.39 Å². The Morgan fingerprint density at radius 1 is 1.32 bits per heavy atom. The highest BCUT2D eigenvalue weighted by atomic mass is 35.5. The van der Waals surface area contributed by atoms with Gasteiger partial charge in [-0.25, -0.2) is 9.18 Å². The molecule has 0 spiro atoms. The number of alkyl halides is 1. The Bertz CT molecular complexity index is 644. The Balaban J connectivity index is 3.60. The number of carbonyl (C=O) groups is 1. The lowest BCUT2D eigenvalue weighted by Gasteiger charge is -2.35. The standard InChI is InChI=1S/C17H23ClFO5P/c1-5-15(13-10-9-11-14(18)12-13)17(19,16(20)22-6-2)25(21,23-7-3)24-8-4/h5,9-12,15H,1,6-8H2,2-4H3/t15-,17-/m1/s1. The Labute approximate surface area is 152 Å². The number of esters is 1. The van der Waals surface area contributed by atoms with Crippen molar-refractivity contribution in [1.82, 2.24) is 0 Å². The molecule has 1 aromatic carbocycles. The van der Waals surface area contributed by atoms with Crippen LogP contribution in [0.2, 0.25) is 5.02 Å². The topological polar surface area (TPSA) is 61.8 Å². The molecule has 25 heavy (non-hydrogen) atoms. The SMILES string of the molecule is C=C[C@H](c1cccc(Cl)c1)[C@](F)(C(=O)OCC)P(=O)(OCC)OCC. The summed E-state index contributed by atoms with van der Waals surface area (Å²) in [4.78, 5) is 12.5. The molecule has 0 radical (unpaired) electrons. The van der Waals surface area contributed by atoms with Gasteiger partial charge in [0.25, 0.3) is 0 Å². The largest absolute Gasteiger partial charge is 0.463 e. The van der Waals surface area contributed by atoms with Crippen LogP contribution < -0.4 is 0 Å². The minimum Gasteiger partial charge on any atom is -0.463 e. The monoisotopic (exact) mass is 392 g/mol. The van der Waals surface area contributed by atoms with Crippen molar-refractivity contribution < 1.29 is 27.5 Å². The van der Waals surface area contributed by atoms with Crippen molar-refractivity contribution in [2.24, 2.45) is 0 Å². The molecule has 140 valence electrons. The lowest BCUT2D eigenvalue weighted by atomic mass is 9.93. The second-order valence-electron chi connectivity index (χ2n) is 5.00.